The maximum absolute atomic E-state index is 14.2. The van der Waals surface area contributed by atoms with Gasteiger partial charge in [-0.05, 0) is 80.3 Å². The minimum atomic E-state index is -0.330. The van der Waals surface area contributed by atoms with E-state index in [9.17, 15) is 9.65 Å². The summed E-state index contributed by atoms with van der Waals surface area (Å²) in [5.74, 6) is 1.18. The second kappa shape index (κ2) is 11.8. The minimum absolute atomic E-state index is 0.109. The lowest BCUT2D eigenvalue weighted by atomic mass is 9.73. The zero-order valence-corrected chi connectivity index (χ0v) is 24.5. The van der Waals surface area contributed by atoms with Gasteiger partial charge in [0.05, 0.1) is 11.8 Å². The van der Waals surface area contributed by atoms with E-state index in [1.54, 1.807) is 0 Å². The SMILES string of the molecule is C=C(OCc1ccccc1)c1c(C2(C)C=CC(C)=CC2)c(-c2ccc(F)cc2)c(/C=C/C2CC2CC#N)n1C(C)C. The van der Waals surface area contributed by atoms with Gasteiger partial charge in [-0.25, -0.2) is 4.39 Å². The lowest BCUT2D eigenvalue weighted by Crippen LogP contribution is -2.23. The first-order valence-corrected chi connectivity index (χ1v) is 14.5. The van der Waals surface area contributed by atoms with Crippen molar-refractivity contribution in [1.82, 2.24) is 4.57 Å². The van der Waals surface area contributed by atoms with E-state index in [2.05, 4.69) is 87.4 Å². The van der Waals surface area contributed by atoms with E-state index >= 15 is 0 Å². The van der Waals surface area contributed by atoms with Gasteiger partial charge < -0.3 is 9.30 Å². The molecule has 3 atom stereocenters. The second-order valence-electron chi connectivity index (χ2n) is 11.9. The smallest absolute Gasteiger partial charge is 0.136 e. The third-order valence-electron chi connectivity index (χ3n) is 8.38. The number of ether oxygens (including phenoxy) is 1. The Morgan fingerprint density at radius 1 is 1.20 bits per heavy atom. The molecule has 0 amide bonds. The summed E-state index contributed by atoms with van der Waals surface area (Å²) in [6, 6.07) is 19.4. The topological polar surface area (TPSA) is 37.9 Å². The van der Waals surface area contributed by atoms with Crippen molar-refractivity contribution >= 4 is 11.8 Å². The summed E-state index contributed by atoms with van der Waals surface area (Å²) < 4.78 is 22.9. The Kier molecular flexibility index (Phi) is 8.18. The van der Waals surface area contributed by atoms with Crippen molar-refractivity contribution in [3.05, 3.63) is 119 Å². The van der Waals surface area contributed by atoms with Gasteiger partial charge in [0, 0.05) is 29.1 Å². The summed E-state index contributed by atoms with van der Waals surface area (Å²) in [5.41, 5.74) is 7.20. The van der Waals surface area contributed by atoms with Crippen molar-refractivity contribution in [3.63, 3.8) is 0 Å². The van der Waals surface area contributed by atoms with Crippen LogP contribution in [0.5, 0.6) is 0 Å². The van der Waals surface area contributed by atoms with Crippen LogP contribution in [0.3, 0.4) is 0 Å². The maximum Gasteiger partial charge on any atom is 0.136 e. The average molecular weight is 547 g/mol. The van der Waals surface area contributed by atoms with Crippen LogP contribution in [0.4, 0.5) is 4.39 Å². The van der Waals surface area contributed by atoms with Gasteiger partial charge in [0.25, 0.3) is 0 Å². The molecular weight excluding hydrogens is 507 g/mol. The van der Waals surface area contributed by atoms with Gasteiger partial charge in [0.15, 0.2) is 0 Å². The molecule has 41 heavy (non-hydrogen) atoms. The molecule has 3 aromatic rings. The Bertz CT molecular complexity index is 1550. The molecule has 0 N–H and O–H groups in total. The number of hydrogen-bond acceptors (Lipinski definition) is 2. The number of rotatable bonds is 10. The van der Waals surface area contributed by atoms with Gasteiger partial charge in [-0.3, -0.25) is 0 Å². The predicted molar refractivity (Wildman–Crippen MR) is 166 cm³/mol. The molecule has 2 aliphatic rings. The minimum Gasteiger partial charge on any atom is -0.487 e. The Labute approximate surface area is 244 Å². The number of aromatic nitrogens is 1. The molecule has 1 aromatic heterocycles. The van der Waals surface area contributed by atoms with Gasteiger partial charge in [-0.15, -0.1) is 0 Å². The summed E-state index contributed by atoms with van der Waals surface area (Å²) in [7, 11) is 0. The van der Waals surface area contributed by atoms with Crippen molar-refractivity contribution in [2.75, 3.05) is 0 Å². The number of nitrogens with zero attached hydrogens (tertiary/aromatic N) is 2. The zero-order chi connectivity index (χ0) is 29.1. The van der Waals surface area contributed by atoms with Crippen molar-refractivity contribution in [1.29, 1.82) is 5.26 Å². The van der Waals surface area contributed by atoms with Crippen LogP contribution in [0.15, 0.2) is 91.1 Å². The van der Waals surface area contributed by atoms with Crippen LogP contribution in [0.1, 0.15) is 75.5 Å². The standard InChI is InChI=1S/C37H39FN2O/c1-25(2)40-33(16-13-30-23-31(30)19-22-39)34(29-11-14-32(38)15-12-29)35(37(5)20-17-26(3)18-21-37)36(40)27(4)41-24-28-9-7-6-8-10-28/h6-18,20,25,30-31H,4,19,21,23-24H2,1-3,5H3/b16-13+. The lowest BCUT2D eigenvalue weighted by Gasteiger charge is -2.31. The Morgan fingerprint density at radius 2 is 1.93 bits per heavy atom. The molecule has 210 valence electrons. The van der Waals surface area contributed by atoms with Crippen molar-refractivity contribution in [2.45, 2.75) is 65.0 Å². The third-order valence-corrected chi connectivity index (χ3v) is 8.38. The molecule has 0 aliphatic heterocycles. The van der Waals surface area contributed by atoms with E-state index in [0.29, 0.717) is 30.6 Å². The Morgan fingerprint density at radius 3 is 2.56 bits per heavy atom. The van der Waals surface area contributed by atoms with Crippen LogP contribution in [0.2, 0.25) is 0 Å². The number of nitriles is 1. The molecule has 0 saturated heterocycles. The highest BCUT2D eigenvalue weighted by Crippen LogP contribution is 2.49. The van der Waals surface area contributed by atoms with Crippen LogP contribution < -0.4 is 0 Å². The fourth-order valence-corrected chi connectivity index (χ4v) is 5.94. The van der Waals surface area contributed by atoms with Gasteiger partial charge in [0.2, 0.25) is 0 Å². The molecule has 0 bridgehead atoms. The molecule has 4 heteroatoms. The van der Waals surface area contributed by atoms with E-state index in [-0.39, 0.29) is 17.3 Å². The normalized spacial score (nSPS) is 21.6. The summed E-state index contributed by atoms with van der Waals surface area (Å²) in [5, 5.41) is 9.19. The molecule has 2 aromatic carbocycles. The summed E-state index contributed by atoms with van der Waals surface area (Å²) in [6.07, 6.45) is 13.7. The monoisotopic (exact) mass is 546 g/mol. The molecule has 1 saturated carbocycles. The summed E-state index contributed by atoms with van der Waals surface area (Å²) >= 11 is 0. The van der Waals surface area contributed by atoms with E-state index in [1.165, 1.54) is 17.7 Å². The van der Waals surface area contributed by atoms with Crippen LogP contribution in [0.25, 0.3) is 23.0 Å². The molecule has 5 rings (SSSR count). The van der Waals surface area contributed by atoms with E-state index in [1.807, 2.05) is 30.3 Å². The van der Waals surface area contributed by atoms with E-state index in [4.69, 9.17) is 4.74 Å². The highest BCUT2D eigenvalue weighted by Gasteiger charge is 2.38. The number of benzene rings is 2. The largest absolute Gasteiger partial charge is 0.487 e. The number of hydrogen-bond donors (Lipinski definition) is 0. The van der Waals surface area contributed by atoms with Crippen LogP contribution >= 0.6 is 0 Å². The zero-order valence-electron chi connectivity index (χ0n) is 24.5. The predicted octanol–water partition coefficient (Wildman–Crippen LogP) is 9.79. The highest BCUT2D eigenvalue weighted by molar-refractivity contribution is 5.84. The lowest BCUT2D eigenvalue weighted by molar-refractivity contribution is 0.261. The molecule has 0 spiro atoms. The van der Waals surface area contributed by atoms with Crippen molar-refractivity contribution in [2.24, 2.45) is 11.8 Å². The second-order valence-corrected chi connectivity index (χ2v) is 11.9. The fourth-order valence-electron chi connectivity index (χ4n) is 5.94. The van der Waals surface area contributed by atoms with E-state index < -0.39 is 0 Å². The molecule has 2 aliphatic carbocycles. The Hall–Kier alpha value is -4.10. The quantitative estimate of drug-likeness (QED) is 0.237. The van der Waals surface area contributed by atoms with Crippen molar-refractivity contribution < 1.29 is 9.13 Å². The maximum atomic E-state index is 14.2. The molecule has 1 fully saturated rings. The molecule has 3 nitrogen and oxygen atoms in total. The average Bonchev–Trinajstić information content (AvgIpc) is 3.61. The van der Waals surface area contributed by atoms with Crippen molar-refractivity contribution in [3.8, 4) is 17.2 Å². The molecule has 1 heterocycles. The van der Waals surface area contributed by atoms with Crippen LogP contribution in [-0.4, -0.2) is 4.57 Å². The summed E-state index contributed by atoms with van der Waals surface area (Å²) in [4.78, 5) is 0. The first-order valence-electron chi connectivity index (χ1n) is 14.5. The first kappa shape index (κ1) is 28.4. The van der Waals surface area contributed by atoms with Gasteiger partial charge in [0.1, 0.15) is 18.2 Å². The van der Waals surface area contributed by atoms with Gasteiger partial charge in [-0.2, -0.15) is 5.26 Å². The molecule has 3 unspecified atom stereocenters. The number of halogens is 1. The molecular formula is C37H39FN2O. The van der Waals surface area contributed by atoms with Gasteiger partial charge >= 0.3 is 0 Å². The van der Waals surface area contributed by atoms with Gasteiger partial charge in [-0.1, -0.05) is 85.8 Å². The third kappa shape index (κ3) is 6.00. The number of allylic oxidation sites excluding steroid dienone is 5. The fraction of sp³-hybridized carbons (Fsp3) is 0.324. The first-order chi connectivity index (χ1) is 19.7. The highest BCUT2D eigenvalue weighted by atomic mass is 19.1. The Balaban J connectivity index is 1.72. The summed E-state index contributed by atoms with van der Waals surface area (Å²) in [6.45, 7) is 13.7. The van der Waals surface area contributed by atoms with Crippen LogP contribution in [0, 0.1) is 29.0 Å². The van der Waals surface area contributed by atoms with E-state index in [0.717, 1.165) is 46.5 Å². The van der Waals surface area contributed by atoms with Crippen LogP contribution in [-0.2, 0) is 16.8 Å². The molecule has 0 radical (unpaired) electrons.